The number of carbonyl (C=O) groups excluding carboxylic acids is 1. The van der Waals surface area contributed by atoms with Crippen LogP contribution >= 0.6 is 28.1 Å². The van der Waals surface area contributed by atoms with Crippen molar-refractivity contribution in [3.8, 4) is 0 Å². The van der Waals surface area contributed by atoms with E-state index < -0.39 is 0 Å². The molecule has 0 spiro atoms. The Kier molecular flexibility index (Phi) is 7.16. The number of para-hydroxylation sites is 1. The number of hydrazine groups is 1. The number of hydrogen-bond acceptors (Lipinski definition) is 3. The highest BCUT2D eigenvalue weighted by Crippen LogP contribution is 2.20. The van der Waals surface area contributed by atoms with Crippen LogP contribution in [0.2, 0.25) is 0 Å². The van der Waals surface area contributed by atoms with E-state index in [1.807, 2.05) is 49.7 Å². The van der Waals surface area contributed by atoms with Gasteiger partial charge in [-0.1, -0.05) is 32.0 Å². The summed E-state index contributed by atoms with van der Waals surface area (Å²) in [6.07, 6.45) is 0.896. The Bertz CT molecular complexity index is 805. The molecule has 140 valence electrons. The normalized spacial score (nSPS) is 11.7. The van der Waals surface area contributed by atoms with Crippen LogP contribution in [0.4, 0.5) is 5.69 Å². The molecule has 0 radical (unpaired) electrons. The van der Waals surface area contributed by atoms with Crippen LogP contribution < -0.4 is 16.2 Å². The van der Waals surface area contributed by atoms with Gasteiger partial charge in [-0.3, -0.25) is 20.3 Å². The number of nitrogens with zero attached hydrogens (tertiary/aromatic N) is 2. The maximum absolute atomic E-state index is 12.3. The third-order valence-corrected chi connectivity index (χ3v) is 5.49. The van der Waals surface area contributed by atoms with Crippen molar-refractivity contribution in [3.05, 3.63) is 45.7 Å². The Labute approximate surface area is 167 Å². The molecule has 2 aromatic rings. The number of amides is 1. The van der Waals surface area contributed by atoms with E-state index in [9.17, 15) is 4.79 Å². The van der Waals surface area contributed by atoms with Gasteiger partial charge in [0.15, 0.2) is 5.11 Å². The smallest absolute Gasteiger partial charge is 0.243 e. The summed E-state index contributed by atoms with van der Waals surface area (Å²) in [5.74, 6) is -0.417. The van der Waals surface area contributed by atoms with Gasteiger partial charge >= 0.3 is 0 Å². The summed E-state index contributed by atoms with van der Waals surface area (Å²) in [6.45, 7) is 8.32. The van der Waals surface area contributed by atoms with Gasteiger partial charge < -0.3 is 5.32 Å². The fourth-order valence-corrected chi connectivity index (χ4v) is 2.99. The van der Waals surface area contributed by atoms with Gasteiger partial charge in [0.2, 0.25) is 5.91 Å². The summed E-state index contributed by atoms with van der Waals surface area (Å²) < 4.78 is 2.81. The van der Waals surface area contributed by atoms with Crippen molar-refractivity contribution in [1.82, 2.24) is 20.6 Å². The van der Waals surface area contributed by atoms with E-state index >= 15 is 0 Å². The highest BCUT2D eigenvalue weighted by Gasteiger charge is 2.17. The first-order valence-corrected chi connectivity index (χ1v) is 9.67. The fourth-order valence-electron chi connectivity index (χ4n) is 2.54. The SMILES string of the molecule is CCc1ccccc1NC(=S)NNC(=O)C(C)Cn1nc(C)c(Br)c1C. The number of halogens is 1. The Morgan fingerprint density at radius 1 is 1.31 bits per heavy atom. The fraction of sp³-hybridized carbons (Fsp3) is 0.389. The minimum absolute atomic E-state index is 0.151. The predicted octanol–water partition coefficient (Wildman–Crippen LogP) is 3.48. The Morgan fingerprint density at radius 2 is 2.00 bits per heavy atom. The minimum atomic E-state index is -0.266. The van der Waals surface area contributed by atoms with E-state index in [4.69, 9.17) is 12.2 Å². The van der Waals surface area contributed by atoms with Crippen LogP contribution in [0, 0.1) is 19.8 Å². The molecule has 8 heteroatoms. The van der Waals surface area contributed by atoms with Crippen molar-refractivity contribution < 1.29 is 4.79 Å². The number of anilines is 1. The standard InChI is InChI=1S/C18H24BrN5OS/c1-5-14-8-6-7-9-15(14)20-18(26)22-21-17(25)11(2)10-24-13(4)16(19)12(3)23-24/h6-9,11H,5,10H2,1-4H3,(H,21,25)(H2,20,22,26). The van der Waals surface area contributed by atoms with E-state index in [-0.39, 0.29) is 11.8 Å². The monoisotopic (exact) mass is 437 g/mol. The lowest BCUT2D eigenvalue weighted by molar-refractivity contribution is -0.125. The number of aryl methyl sites for hydroxylation is 2. The van der Waals surface area contributed by atoms with Crippen molar-refractivity contribution in [3.63, 3.8) is 0 Å². The molecular weight excluding hydrogens is 414 g/mol. The zero-order valence-corrected chi connectivity index (χ0v) is 17.8. The molecule has 0 saturated carbocycles. The summed E-state index contributed by atoms with van der Waals surface area (Å²) in [5, 5.41) is 7.89. The van der Waals surface area contributed by atoms with Crippen LogP contribution in [-0.2, 0) is 17.8 Å². The Hall–Kier alpha value is -1.93. The van der Waals surface area contributed by atoms with Crippen LogP contribution in [0.15, 0.2) is 28.7 Å². The second-order valence-corrected chi connectivity index (χ2v) is 7.35. The third kappa shape index (κ3) is 5.04. The van der Waals surface area contributed by atoms with Gasteiger partial charge in [-0.25, -0.2) is 0 Å². The Morgan fingerprint density at radius 3 is 2.62 bits per heavy atom. The minimum Gasteiger partial charge on any atom is -0.331 e. The van der Waals surface area contributed by atoms with Crippen LogP contribution in [0.1, 0.15) is 30.8 Å². The van der Waals surface area contributed by atoms with E-state index in [2.05, 4.69) is 44.1 Å². The van der Waals surface area contributed by atoms with E-state index in [1.165, 1.54) is 0 Å². The van der Waals surface area contributed by atoms with Crippen molar-refractivity contribution in [2.75, 3.05) is 5.32 Å². The quantitative estimate of drug-likeness (QED) is 0.493. The molecular formula is C18H24BrN5OS. The zero-order chi connectivity index (χ0) is 19.3. The van der Waals surface area contributed by atoms with Crippen LogP contribution in [-0.4, -0.2) is 20.8 Å². The van der Waals surface area contributed by atoms with Crippen LogP contribution in [0.25, 0.3) is 0 Å². The summed E-state index contributed by atoms with van der Waals surface area (Å²) >= 11 is 8.76. The molecule has 1 amide bonds. The molecule has 1 aromatic carbocycles. The molecule has 0 saturated heterocycles. The lowest BCUT2D eigenvalue weighted by Crippen LogP contribution is -2.46. The van der Waals surface area contributed by atoms with Crippen molar-refractivity contribution in [2.24, 2.45) is 5.92 Å². The zero-order valence-electron chi connectivity index (χ0n) is 15.4. The second-order valence-electron chi connectivity index (χ2n) is 6.15. The summed E-state index contributed by atoms with van der Waals surface area (Å²) in [5.41, 5.74) is 9.42. The molecule has 2 rings (SSSR count). The van der Waals surface area contributed by atoms with Gasteiger partial charge in [0.1, 0.15) is 0 Å². The number of benzene rings is 1. The molecule has 1 heterocycles. The number of carbonyl (C=O) groups is 1. The number of hydrogen-bond donors (Lipinski definition) is 3. The molecule has 0 aliphatic rings. The summed E-state index contributed by atoms with van der Waals surface area (Å²) in [6, 6.07) is 7.93. The maximum atomic E-state index is 12.3. The third-order valence-electron chi connectivity index (χ3n) is 4.13. The number of aromatic nitrogens is 2. The van der Waals surface area contributed by atoms with E-state index in [0.29, 0.717) is 11.7 Å². The van der Waals surface area contributed by atoms with Crippen molar-refractivity contribution >= 4 is 44.9 Å². The molecule has 1 unspecified atom stereocenters. The summed E-state index contributed by atoms with van der Waals surface area (Å²) in [4.78, 5) is 12.3. The number of rotatable bonds is 5. The first-order chi connectivity index (χ1) is 12.3. The molecule has 1 atom stereocenters. The average Bonchev–Trinajstić information content (AvgIpc) is 2.86. The lowest BCUT2D eigenvalue weighted by atomic mass is 10.1. The van der Waals surface area contributed by atoms with Gasteiger partial charge in [-0.2, -0.15) is 5.10 Å². The van der Waals surface area contributed by atoms with Crippen molar-refractivity contribution in [2.45, 2.75) is 40.7 Å². The van der Waals surface area contributed by atoms with Crippen molar-refractivity contribution in [1.29, 1.82) is 0 Å². The van der Waals surface area contributed by atoms with Gasteiger partial charge in [-0.15, -0.1) is 0 Å². The Balaban J connectivity index is 1.87. The first kappa shape index (κ1) is 20.4. The number of nitrogens with one attached hydrogen (secondary N) is 3. The molecule has 0 fully saturated rings. The van der Waals surface area contributed by atoms with Crippen LogP contribution in [0.3, 0.4) is 0 Å². The topological polar surface area (TPSA) is 71.0 Å². The van der Waals surface area contributed by atoms with Gasteiger partial charge in [0, 0.05) is 11.4 Å². The highest BCUT2D eigenvalue weighted by atomic mass is 79.9. The van der Waals surface area contributed by atoms with E-state index in [1.54, 1.807) is 0 Å². The van der Waals surface area contributed by atoms with Gasteiger partial charge in [0.05, 0.1) is 22.6 Å². The molecule has 6 nitrogen and oxygen atoms in total. The first-order valence-electron chi connectivity index (χ1n) is 8.47. The lowest BCUT2D eigenvalue weighted by Gasteiger charge is -2.16. The molecule has 0 bridgehead atoms. The molecule has 0 aliphatic carbocycles. The van der Waals surface area contributed by atoms with Gasteiger partial charge in [0.25, 0.3) is 0 Å². The molecule has 1 aromatic heterocycles. The largest absolute Gasteiger partial charge is 0.331 e. The number of thiocarbonyl (C=S) groups is 1. The highest BCUT2D eigenvalue weighted by molar-refractivity contribution is 9.10. The molecule has 3 N–H and O–H groups in total. The van der Waals surface area contributed by atoms with Crippen LogP contribution in [0.5, 0.6) is 0 Å². The predicted molar refractivity (Wildman–Crippen MR) is 112 cm³/mol. The molecule has 26 heavy (non-hydrogen) atoms. The average molecular weight is 438 g/mol. The molecule has 0 aliphatic heterocycles. The summed E-state index contributed by atoms with van der Waals surface area (Å²) in [7, 11) is 0. The van der Waals surface area contributed by atoms with E-state index in [0.717, 1.165) is 33.5 Å². The maximum Gasteiger partial charge on any atom is 0.243 e. The van der Waals surface area contributed by atoms with Gasteiger partial charge in [-0.05, 0) is 60.0 Å². The second kappa shape index (κ2) is 9.14.